The van der Waals surface area contributed by atoms with E-state index in [1.54, 1.807) is 6.20 Å². The van der Waals surface area contributed by atoms with Gasteiger partial charge in [-0.15, -0.1) is 0 Å². The summed E-state index contributed by atoms with van der Waals surface area (Å²) in [4.78, 5) is 22.0. The molecule has 1 aromatic heterocycles. The number of aromatic nitrogens is 2. The van der Waals surface area contributed by atoms with Crippen molar-refractivity contribution >= 4 is 17.4 Å². The Kier molecular flexibility index (Phi) is 1.83. The summed E-state index contributed by atoms with van der Waals surface area (Å²) in [6.45, 7) is 0.919. The van der Waals surface area contributed by atoms with Crippen LogP contribution in [-0.4, -0.2) is 28.5 Å². The number of carbonyl (C=O) groups excluding carboxylic acids is 1. The molecule has 3 heterocycles. The van der Waals surface area contributed by atoms with Crippen molar-refractivity contribution in [1.82, 2.24) is 9.97 Å². The maximum atomic E-state index is 11.8. The molecular formula is C10H12N4O. The molecule has 0 aliphatic carbocycles. The number of nitrogens with zero attached hydrogens (tertiary/aromatic N) is 3. The van der Waals surface area contributed by atoms with E-state index in [-0.39, 0.29) is 11.9 Å². The third-order valence-electron chi connectivity index (χ3n) is 3.03. The van der Waals surface area contributed by atoms with E-state index in [0.29, 0.717) is 0 Å². The van der Waals surface area contributed by atoms with Crippen LogP contribution in [0.3, 0.4) is 0 Å². The highest BCUT2D eigenvalue weighted by Gasteiger charge is 2.35. The van der Waals surface area contributed by atoms with E-state index in [0.717, 1.165) is 37.3 Å². The van der Waals surface area contributed by atoms with Gasteiger partial charge in [0, 0.05) is 6.54 Å². The predicted molar refractivity (Wildman–Crippen MR) is 55.6 cm³/mol. The molecule has 1 amide bonds. The van der Waals surface area contributed by atoms with Crippen LogP contribution in [-0.2, 0) is 4.79 Å². The van der Waals surface area contributed by atoms with Crippen LogP contribution < -0.4 is 10.2 Å². The first-order chi connectivity index (χ1) is 7.36. The van der Waals surface area contributed by atoms with Gasteiger partial charge in [0.1, 0.15) is 18.1 Å². The van der Waals surface area contributed by atoms with Crippen molar-refractivity contribution in [2.24, 2.45) is 0 Å². The van der Waals surface area contributed by atoms with E-state index in [1.165, 1.54) is 6.33 Å². The molecule has 0 spiro atoms. The molecule has 0 saturated carbocycles. The van der Waals surface area contributed by atoms with Crippen LogP contribution >= 0.6 is 0 Å². The first-order valence-electron chi connectivity index (χ1n) is 5.24. The minimum Gasteiger partial charge on any atom is -0.343 e. The predicted octanol–water partition coefficient (Wildman–Crippen LogP) is 0.788. The number of carbonyl (C=O) groups is 1. The van der Waals surface area contributed by atoms with Gasteiger partial charge in [0.2, 0.25) is 5.91 Å². The van der Waals surface area contributed by atoms with Gasteiger partial charge in [-0.3, -0.25) is 4.79 Å². The number of hydrogen-bond donors (Lipinski definition) is 1. The molecule has 15 heavy (non-hydrogen) atoms. The third-order valence-corrected chi connectivity index (χ3v) is 3.03. The Hall–Kier alpha value is -1.65. The van der Waals surface area contributed by atoms with Gasteiger partial charge in [0.15, 0.2) is 5.82 Å². The minimum absolute atomic E-state index is 0.0267. The second kappa shape index (κ2) is 3.18. The summed E-state index contributed by atoms with van der Waals surface area (Å²) in [6, 6.07) is -0.0267. The number of rotatable bonds is 0. The van der Waals surface area contributed by atoms with Gasteiger partial charge in [0.05, 0.1) is 6.20 Å². The van der Waals surface area contributed by atoms with Crippen molar-refractivity contribution in [2.75, 3.05) is 16.8 Å². The van der Waals surface area contributed by atoms with Crippen LogP contribution in [0.1, 0.15) is 19.3 Å². The lowest BCUT2D eigenvalue weighted by molar-refractivity contribution is -0.118. The quantitative estimate of drug-likeness (QED) is 0.678. The number of amides is 1. The maximum Gasteiger partial charge on any atom is 0.247 e. The summed E-state index contributed by atoms with van der Waals surface area (Å²) in [6.07, 6.45) is 6.37. The summed E-state index contributed by atoms with van der Waals surface area (Å²) in [5.41, 5.74) is 0.737. The molecule has 1 unspecified atom stereocenters. The summed E-state index contributed by atoms with van der Waals surface area (Å²) < 4.78 is 0. The Morgan fingerprint density at radius 1 is 1.47 bits per heavy atom. The number of piperidine rings is 1. The smallest absolute Gasteiger partial charge is 0.247 e. The van der Waals surface area contributed by atoms with E-state index in [9.17, 15) is 4.79 Å². The van der Waals surface area contributed by atoms with Crippen molar-refractivity contribution in [2.45, 2.75) is 25.3 Å². The van der Waals surface area contributed by atoms with Gasteiger partial charge in [-0.2, -0.15) is 0 Å². The molecule has 78 valence electrons. The molecule has 0 radical (unpaired) electrons. The van der Waals surface area contributed by atoms with Crippen molar-refractivity contribution in [3.63, 3.8) is 0 Å². The molecular weight excluding hydrogens is 192 g/mol. The zero-order valence-corrected chi connectivity index (χ0v) is 8.31. The summed E-state index contributed by atoms with van der Waals surface area (Å²) >= 11 is 0. The Balaban J connectivity index is 2.06. The van der Waals surface area contributed by atoms with Crippen molar-refractivity contribution in [3.8, 4) is 0 Å². The molecule has 2 aliphatic heterocycles. The Morgan fingerprint density at radius 3 is 3.33 bits per heavy atom. The van der Waals surface area contributed by atoms with Crippen LogP contribution in [0.4, 0.5) is 11.5 Å². The number of hydrogen-bond acceptors (Lipinski definition) is 4. The minimum atomic E-state index is -0.0267. The number of anilines is 2. The van der Waals surface area contributed by atoms with Crippen LogP contribution in [0, 0.1) is 0 Å². The van der Waals surface area contributed by atoms with Crippen LogP contribution in [0.5, 0.6) is 0 Å². The Labute approximate surface area is 87.5 Å². The van der Waals surface area contributed by atoms with Gasteiger partial charge in [-0.25, -0.2) is 9.97 Å². The fourth-order valence-corrected chi connectivity index (χ4v) is 2.31. The molecule has 0 aromatic carbocycles. The van der Waals surface area contributed by atoms with E-state index in [1.807, 2.05) is 0 Å². The molecule has 5 nitrogen and oxygen atoms in total. The SMILES string of the molecule is O=C1Nc2cncnc2N2CCCCC12. The molecule has 5 heteroatoms. The lowest BCUT2D eigenvalue weighted by Gasteiger charge is -2.39. The van der Waals surface area contributed by atoms with Gasteiger partial charge in [0.25, 0.3) is 0 Å². The molecule has 2 aliphatic rings. The fraction of sp³-hybridized carbons (Fsp3) is 0.500. The summed E-state index contributed by atoms with van der Waals surface area (Å²) in [5, 5.41) is 2.85. The van der Waals surface area contributed by atoms with E-state index < -0.39 is 0 Å². The summed E-state index contributed by atoms with van der Waals surface area (Å²) in [7, 11) is 0. The first kappa shape index (κ1) is 8.64. The lowest BCUT2D eigenvalue weighted by Crippen LogP contribution is -2.51. The van der Waals surface area contributed by atoms with E-state index >= 15 is 0 Å². The zero-order valence-electron chi connectivity index (χ0n) is 8.31. The monoisotopic (exact) mass is 204 g/mol. The molecule has 3 rings (SSSR count). The van der Waals surface area contributed by atoms with Crippen LogP contribution in [0.2, 0.25) is 0 Å². The molecule has 1 aromatic rings. The topological polar surface area (TPSA) is 58.1 Å². The molecule has 1 N–H and O–H groups in total. The van der Waals surface area contributed by atoms with Crippen molar-refractivity contribution in [1.29, 1.82) is 0 Å². The highest BCUT2D eigenvalue weighted by Crippen LogP contribution is 2.32. The third kappa shape index (κ3) is 1.26. The van der Waals surface area contributed by atoms with Gasteiger partial charge < -0.3 is 10.2 Å². The van der Waals surface area contributed by atoms with Crippen LogP contribution in [0.15, 0.2) is 12.5 Å². The Bertz CT molecular complexity index is 406. The van der Waals surface area contributed by atoms with Gasteiger partial charge in [-0.1, -0.05) is 0 Å². The zero-order chi connectivity index (χ0) is 10.3. The van der Waals surface area contributed by atoms with E-state index in [4.69, 9.17) is 0 Å². The largest absolute Gasteiger partial charge is 0.343 e. The number of fused-ring (bicyclic) bond motifs is 3. The maximum absolute atomic E-state index is 11.8. The second-order valence-corrected chi connectivity index (χ2v) is 3.95. The van der Waals surface area contributed by atoms with Crippen molar-refractivity contribution < 1.29 is 4.79 Å². The normalized spacial score (nSPS) is 24.1. The average Bonchev–Trinajstić information content (AvgIpc) is 2.30. The second-order valence-electron chi connectivity index (χ2n) is 3.95. The Morgan fingerprint density at radius 2 is 2.40 bits per heavy atom. The highest BCUT2D eigenvalue weighted by molar-refractivity contribution is 6.02. The van der Waals surface area contributed by atoms with Gasteiger partial charge >= 0.3 is 0 Å². The van der Waals surface area contributed by atoms with Crippen molar-refractivity contribution in [3.05, 3.63) is 12.5 Å². The molecule has 1 fully saturated rings. The average molecular weight is 204 g/mol. The first-order valence-corrected chi connectivity index (χ1v) is 5.24. The van der Waals surface area contributed by atoms with E-state index in [2.05, 4.69) is 20.2 Å². The lowest BCUT2D eigenvalue weighted by atomic mass is 9.99. The molecule has 1 saturated heterocycles. The molecule has 0 bridgehead atoms. The number of nitrogens with one attached hydrogen (secondary N) is 1. The standard InChI is InChI=1S/C10H12N4O/c15-10-8-3-1-2-4-14(8)9-7(13-10)5-11-6-12-9/h5-6,8H,1-4H2,(H,13,15). The van der Waals surface area contributed by atoms with Crippen LogP contribution in [0.25, 0.3) is 0 Å². The summed E-state index contributed by atoms with van der Waals surface area (Å²) in [5.74, 6) is 0.950. The fourth-order valence-electron chi connectivity index (χ4n) is 2.31. The molecule has 1 atom stereocenters. The highest BCUT2D eigenvalue weighted by atomic mass is 16.2. The van der Waals surface area contributed by atoms with Gasteiger partial charge in [-0.05, 0) is 19.3 Å².